The number of nitrogens with zero attached hydrogens (tertiary/aromatic N) is 2. The molecule has 156 valence electrons. The van der Waals surface area contributed by atoms with Crippen LogP contribution in [0.15, 0.2) is 24.3 Å². The van der Waals surface area contributed by atoms with Crippen molar-refractivity contribution in [2.45, 2.75) is 27.7 Å². The SMILES string of the molecule is CCN(CC)c1nc2sc(C(=O)Nc3ccc(NS(=O)(=O)CC)c(C)c3)cc2s1. The molecule has 2 N–H and O–H groups in total. The maximum absolute atomic E-state index is 12.6. The summed E-state index contributed by atoms with van der Waals surface area (Å²) in [7, 11) is -3.34. The zero-order valence-electron chi connectivity index (χ0n) is 16.8. The number of anilines is 3. The van der Waals surface area contributed by atoms with Crippen LogP contribution in [0.1, 0.15) is 36.0 Å². The van der Waals surface area contributed by atoms with E-state index in [9.17, 15) is 13.2 Å². The van der Waals surface area contributed by atoms with E-state index in [4.69, 9.17) is 0 Å². The molecule has 0 unspecified atom stereocenters. The van der Waals surface area contributed by atoms with Gasteiger partial charge in [-0.1, -0.05) is 11.3 Å². The Bertz CT molecular complexity index is 1100. The highest BCUT2D eigenvalue weighted by Crippen LogP contribution is 2.35. The lowest BCUT2D eigenvalue weighted by molar-refractivity contribution is 0.103. The first-order valence-corrected chi connectivity index (χ1v) is 12.6. The topological polar surface area (TPSA) is 91.4 Å². The molecule has 0 atom stereocenters. The standard InChI is InChI=1S/C19H24N4O3S3/c1-5-23(6-2)19-21-18-16(28-19)11-15(27-18)17(24)20-13-8-9-14(12(4)10-13)22-29(25,26)7-3/h8-11,22H,5-7H2,1-4H3,(H,20,24). The van der Waals surface area contributed by atoms with Gasteiger partial charge in [-0.3, -0.25) is 9.52 Å². The molecule has 29 heavy (non-hydrogen) atoms. The molecule has 0 bridgehead atoms. The predicted octanol–water partition coefficient (Wildman–Crippen LogP) is 4.53. The van der Waals surface area contributed by atoms with Crippen LogP contribution < -0.4 is 14.9 Å². The number of carbonyl (C=O) groups is 1. The van der Waals surface area contributed by atoms with Gasteiger partial charge in [-0.2, -0.15) is 0 Å². The molecular formula is C19H24N4O3S3. The Balaban J connectivity index is 1.74. The Labute approximate surface area is 178 Å². The molecule has 0 fully saturated rings. The molecule has 0 saturated heterocycles. The number of fused-ring (bicyclic) bond motifs is 1. The monoisotopic (exact) mass is 452 g/mol. The van der Waals surface area contributed by atoms with Crippen molar-refractivity contribution in [3.63, 3.8) is 0 Å². The normalized spacial score (nSPS) is 11.6. The fraction of sp³-hybridized carbons (Fsp3) is 0.368. The lowest BCUT2D eigenvalue weighted by Gasteiger charge is -2.16. The molecule has 2 aromatic heterocycles. The smallest absolute Gasteiger partial charge is 0.265 e. The molecule has 2 heterocycles. The zero-order valence-corrected chi connectivity index (χ0v) is 19.2. The second kappa shape index (κ2) is 8.68. The molecular weight excluding hydrogens is 428 g/mol. The second-order valence-electron chi connectivity index (χ2n) is 6.44. The van der Waals surface area contributed by atoms with Gasteiger partial charge >= 0.3 is 0 Å². The van der Waals surface area contributed by atoms with E-state index < -0.39 is 10.0 Å². The lowest BCUT2D eigenvalue weighted by Crippen LogP contribution is -2.21. The Kier molecular flexibility index (Phi) is 6.45. The van der Waals surface area contributed by atoms with Gasteiger partial charge in [0.15, 0.2) is 5.13 Å². The summed E-state index contributed by atoms with van der Waals surface area (Å²) in [6, 6.07) is 6.96. The molecule has 0 aliphatic heterocycles. The Morgan fingerprint density at radius 1 is 1.14 bits per heavy atom. The Hall–Kier alpha value is -2.17. The van der Waals surface area contributed by atoms with Gasteiger partial charge in [-0.15, -0.1) is 11.3 Å². The summed E-state index contributed by atoms with van der Waals surface area (Å²) in [5.41, 5.74) is 1.85. The average molecular weight is 453 g/mol. The number of nitrogens with one attached hydrogen (secondary N) is 2. The zero-order chi connectivity index (χ0) is 21.2. The van der Waals surface area contributed by atoms with Crippen molar-refractivity contribution in [2.75, 3.05) is 33.8 Å². The van der Waals surface area contributed by atoms with Gasteiger partial charge in [0.25, 0.3) is 5.91 Å². The molecule has 0 aliphatic rings. The van der Waals surface area contributed by atoms with Crippen molar-refractivity contribution < 1.29 is 13.2 Å². The molecule has 0 saturated carbocycles. The van der Waals surface area contributed by atoms with Crippen LogP contribution in [0.25, 0.3) is 9.53 Å². The molecule has 0 spiro atoms. The number of thiazole rings is 1. The van der Waals surface area contributed by atoms with Crippen molar-refractivity contribution >= 4 is 64.6 Å². The third kappa shape index (κ3) is 4.88. The number of amides is 1. The van der Waals surface area contributed by atoms with E-state index >= 15 is 0 Å². The van der Waals surface area contributed by atoms with Gasteiger partial charge in [-0.05, 0) is 57.5 Å². The first kappa shape index (κ1) is 21.5. The minimum atomic E-state index is -3.34. The summed E-state index contributed by atoms with van der Waals surface area (Å²) in [5.74, 6) is -0.198. The summed E-state index contributed by atoms with van der Waals surface area (Å²) in [5, 5.41) is 3.85. The van der Waals surface area contributed by atoms with E-state index in [0.717, 1.165) is 33.3 Å². The van der Waals surface area contributed by atoms with E-state index in [1.807, 2.05) is 6.07 Å². The number of thiophene rings is 1. The van der Waals surface area contributed by atoms with Crippen LogP contribution in [0.2, 0.25) is 0 Å². The molecule has 0 radical (unpaired) electrons. The van der Waals surface area contributed by atoms with E-state index in [1.54, 1.807) is 43.4 Å². The number of aryl methyl sites for hydroxylation is 1. The molecule has 0 aliphatic carbocycles. The minimum Gasteiger partial charge on any atom is -0.349 e. The largest absolute Gasteiger partial charge is 0.349 e. The second-order valence-corrected chi connectivity index (χ2v) is 10.5. The van der Waals surface area contributed by atoms with Crippen LogP contribution in [0.3, 0.4) is 0 Å². The molecule has 3 aromatic rings. The quantitative estimate of drug-likeness (QED) is 0.524. The maximum atomic E-state index is 12.6. The fourth-order valence-corrected chi connectivity index (χ4v) is 5.70. The van der Waals surface area contributed by atoms with Gasteiger partial charge in [-0.25, -0.2) is 13.4 Å². The molecule has 10 heteroatoms. The van der Waals surface area contributed by atoms with Crippen LogP contribution in [0, 0.1) is 6.92 Å². The molecule has 1 aromatic carbocycles. The summed E-state index contributed by atoms with van der Waals surface area (Å²) in [6.45, 7) is 9.36. The lowest BCUT2D eigenvalue weighted by atomic mass is 10.2. The summed E-state index contributed by atoms with van der Waals surface area (Å²) in [4.78, 5) is 20.9. The number of carbonyl (C=O) groups excluding carboxylic acids is 1. The highest BCUT2D eigenvalue weighted by atomic mass is 32.2. The van der Waals surface area contributed by atoms with Crippen LogP contribution in [0.5, 0.6) is 0 Å². The van der Waals surface area contributed by atoms with Crippen molar-refractivity contribution in [1.29, 1.82) is 0 Å². The molecule has 7 nitrogen and oxygen atoms in total. The highest BCUT2D eigenvalue weighted by Gasteiger charge is 2.17. The van der Waals surface area contributed by atoms with E-state index in [-0.39, 0.29) is 11.7 Å². The third-order valence-electron chi connectivity index (χ3n) is 4.47. The van der Waals surface area contributed by atoms with Gasteiger partial charge in [0.1, 0.15) is 4.83 Å². The van der Waals surface area contributed by atoms with Gasteiger partial charge in [0.05, 0.1) is 21.0 Å². The van der Waals surface area contributed by atoms with Crippen molar-refractivity contribution in [1.82, 2.24) is 4.98 Å². The summed E-state index contributed by atoms with van der Waals surface area (Å²) in [6.07, 6.45) is 0. The van der Waals surface area contributed by atoms with Crippen molar-refractivity contribution in [3.8, 4) is 0 Å². The van der Waals surface area contributed by atoms with Crippen molar-refractivity contribution in [2.24, 2.45) is 0 Å². The Morgan fingerprint density at radius 2 is 1.86 bits per heavy atom. The fourth-order valence-electron chi connectivity index (χ4n) is 2.75. The first-order chi connectivity index (χ1) is 13.8. The molecule has 1 amide bonds. The van der Waals surface area contributed by atoms with Crippen LogP contribution in [-0.2, 0) is 10.0 Å². The van der Waals surface area contributed by atoms with Gasteiger partial charge in [0, 0.05) is 18.8 Å². The average Bonchev–Trinajstić information content (AvgIpc) is 3.24. The number of sulfonamides is 1. The first-order valence-electron chi connectivity index (χ1n) is 9.34. The minimum absolute atomic E-state index is 0.00442. The number of aromatic nitrogens is 1. The van der Waals surface area contributed by atoms with Gasteiger partial charge in [0.2, 0.25) is 10.0 Å². The molecule has 3 rings (SSSR count). The van der Waals surface area contributed by atoms with Crippen LogP contribution >= 0.6 is 22.7 Å². The number of benzene rings is 1. The number of hydrogen-bond acceptors (Lipinski definition) is 7. The third-order valence-corrected chi connectivity index (χ3v) is 7.98. The van der Waals surface area contributed by atoms with E-state index in [1.165, 1.54) is 11.3 Å². The van der Waals surface area contributed by atoms with E-state index in [0.29, 0.717) is 16.3 Å². The van der Waals surface area contributed by atoms with E-state index in [2.05, 4.69) is 33.8 Å². The number of rotatable bonds is 8. The predicted molar refractivity (Wildman–Crippen MR) is 123 cm³/mol. The van der Waals surface area contributed by atoms with Crippen LogP contribution in [0.4, 0.5) is 16.5 Å². The Morgan fingerprint density at radius 3 is 2.45 bits per heavy atom. The summed E-state index contributed by atoms with van der Waals surface area (Å²) >= 11 is 2.96. The summed E-state index contributed by atoms with van der Waals surface area (Å²) < 4.78 is 27.0. The maximum Gasteiger partial charge on any atom is 0.265 e. The highest BCUT2D eigenvalue weighted by molar-refractivity contribution is 7.92. The number of hydrogen-bond donors (Lipinski definition) is 2. The van der Waals surface area contributed by atoms with Crippen molar-refractivity contribution in [3.05, 3.63) is 34.7 Å². The van der Waals surface area contributed by atoms with Gasteiger partial charge < -0.3 is 10.2 Å². The van der Waals surface area contributed by atoms with Crippen LogP contribution in [-0.4, -0.2) is 38.2 Å².